The van der Waals surface area contributed by atoms with Crippen LogP contribution in [0.1, 0.15) is 30.7 Å². The highest BCUT2D eigenvalue weighted by Gasteiger charge is 2.39. The minimum Gasteiger partial charge on any atom is -0.393 e. The summed E-state index contributed by atoms with van der Waals surface area (Å²) in [4.78, 5) is 0. The van der Waals surface area contributed by atoms with Gasteiger partial charge >= 0.3 is 0 Å². The third-order valence-electron chi connectivity index (χ3n) is 5.49. The van der Waals surface area contributed by atoms with Crippen LogP contribution in [0.3, 0.4) is 0 Å². The first-order valence-corrected chi connectivity index (χ1v) is 11.4. The lowest BCUT2D eigenvalue weighted by Gasteiger charge is -2.41. The van der Waals surface area contributed by atoms with Crippen molar-refractivity contribution >= 4 is 13.3 Å². The predicted octanol–water partition coefficient (Wildman–Crippen LogP) is 4.30. The molecule has 0 heterocycles. The lowest BCUT2D eigenvalue weighted by molar-refractivity contribution is 0.118. The van der Waals surface area contributed by atoms with Gasteiger partial charge in [-0.25, -0.2) is 0 Å². The number of hydrogen-bond acceptors (Lipinski definition) is 1. The molecule has 3 atom stereocenters. The van der Waals surface area contributed by atoms with E-state index in [4.69, 9.17) is 0 Å². The zero-order valence-electron chi connectivity index (χ0n) is 13.6. The molecule has 1 fully saturated rings. The first-order chi connectivity index (χ1) is 10.6. The molecule has 0 saturated heterocycles. The van der Waals surface area contributed by atoms with Crippen molar-refractivity contribution in [2.45, 2.75) is 49.9 Å². The van der Waals surface area contributed by atoms with Crippen LogP contribution in [-0.4, -0.2) is 19.3 Å². The Labute approximate surface area is 135 Å². The first kappa shape index (κ1) is 15.5. The minimum absolute atomic E-state index is 0.153. The molecule has 2 aromatic rings. The lowest BCUT2D eigenvalue weighted by Crippen LogP contribution is -2.48. The van der Waals surface area contributed by atoms with Crippen molar-refractivity contribution in [2.24, 2.45) is 0 Å². The van der Waals surface area contributed by atoms with Gasteiger partial charge in [0.25, 0.3) is 0 Å². The quantitative estimate of drug-likeness (QED) is 0.838. The smallest absolute Gasteiger partial charge is 0.0838 e. The molecule has 22 heavy (non-hydrogen) atoms. The summed E-state index contributed by atoms with van der Waals surface area (Å²) in [6, 6.07) is 21.7. The fraction of sp³-hybridized carbons (Fsp3) is 0.400. The van der Waals surface area contributed by atoms with Crippen molar-refractivity contribution in [3.05, 3.63) is 66.2 Å². The van der Waals surface area contributed by atoms with Crippen molar-refractivity contribution in [3.8, 4) is 0 Å². The van der Waals surface area contributed by atoms with Crippen LogP contribution in [-0.2, 0) is 0 Å². The Morgan fingerprint density at radius 2 is 1.41 bits per heavy atom. The molecule has 1 aliphatic carbocycles. The summed E-state index contributed by atoms with van der Waals surface area (Å²) < 4.78 is 0. The van der Waals surface area contributed by atoms with Crippen LogP contribution in [0.25, 0.3) is 0 Å². The molecule has 2 heteroatoms. The molecular weight excluding hydrogens is 284 g/mol. The Balaban J connectivity index is 1.85. The van der Waals surface area contributed by atoms with E-state index in [1.165, 1.54) is 17.2 Å². The van der Waals surface area contributed by atoms with Crippen LogP contribution >= 0.6 is 0 Å². The van der Waals surface area contributed by atoms with E-state index in [9.17, 15) is 5.11 Å². The largest absolute Gasteiger partial charge is 0.393 e. The Kier molecular flexibility index (Phi) is 4.51. The van der Waals surface area contributed by atoms with Gasteiger partial charge in [0.2, 0.25) is 0 Å². The van der Waals surface area contributed by atoms with E-state index in [1.54, 1.807) is 0 Å². The minimum atomic E-state index is -1.56. The number of aliphatic hydroxyl groups excluding tert-OH is 1. The second-order valence-electron chi connectivity index (χ2n) is 7.25. The highest BCUT2D eigenvalue weighted by atomic mass is 28.3. The van der Waals surface area contributed by atoms with Crippen LogP contribution in [0.5, 0.6) is 0 Å². The van der Waals surface area contributed by atoms with Crippen molar-refractivity contribution in [2.75, 3.05) is 0 Å². The topological polar surface area (TPSA) is 20.2 Å². The van der Waals surface area contributed by atoms with Gasteiger partial charge in [-0.3, -0.25) is 0 Å². The van der Waals surface area contributed by atoms with Crippen LogP contribution in [0, 0.1) is 0 Å². The van der Waals surface area contributed by atoms with Crippen LogP contribution in [0.4, 0.5) is 0 Å². The summed E-state index contributed by atoms with van der Waals surface area (Å²) in [6.45, 7) is 4.93. The van der Waals surface area contributed by atoms with E-state index in [0.29, 0.717) is 11.5 Å². The van der Waals surface area contributed by atoms with Gasteiger partial charge in [-0.2, -0.15) is 0 Å². The lowest BCUT2D eigenvalue weighted by atomic mass is 9.82. The van der Waals surface area contributed by atoms with Gasteiger partial charge in [-0.15, -0.1) is 0 Å². The maximum atomic E-state index is 10.4. The van der Waals surface area contributed by atoms with E-state index < -0.39 is 8.07 Å². The SMILES string of the molecule is C[Si](C)(c1ccccc1)[C@H]1CC(O)C[C@H](c2ccccc2)C1. The third-order valence-corrected chi connectivity index (χ3v) is 9.83. The van der Waals surface area contributed by atoms with Crippen molar-refractivity contribution < 1.29 is 5.11 Å². The molecule has 116 valence electrons. The fourth-order valence-electron chi connectivity index (χ4n) is 3.98. The molecule has 0 aliphatic heterocycles. The maximum Gasteiger partial charge on any atom is 0.0838 e. The summed E-state index contributed by atoms with van der Waals surface area (Å²) >= 11 is 0. The number of benzene rings is 2. The van der Waals surface area contributed by atoms with Crippen molar-refractivity contribution in [1.29, 1.82) is 0 Å². The van der Waals surface area contributed by atoms with Gasteiger partial charge in [0.15, 0.2) is 0 Å². The average molecular weight is 311 g/mol. The highest BCUT2D eigenvalue weighted by Crippen LogP contribution is 2.44. The van der Waals surface area contributed by atoms with Crippen molar-refractivity contribution in [3.63, 3.8) is 0 Å². The summed E-state index contributed by atoms with van der Waals surface area (Å²) in [7, 11) is -1.56. The molecule has 2 aromatic carbocycles. The molecule has 1 aliphatic rings. The molecule has 1 saturated carbocycles. The monoisotopic (exact) mass is 310 g/mol. The predicted molar refractivity (Wildman–Crippen MR) is 96.3 cm³/mol. The molecule has 0 radical (unpaired) electrons. The van der Waals surface area contributed by atoms with Crippen LogP contribution in [0.2, 0.25) is 18.6 Å². The zero-order chi connectivity index (χ0) is 15.6. The standard InChI is InChI=1S/C20H26OSi/c1-22(2,19-11-7-4-8-12-19)20-14-17(13-18(21)15-20)16-9-5-3-6-10-16/h3-12,17-18,20-21H,13-15H2,1-2H3/t17-,18?,20+/m0/s1. The molecular formula is C20H26OSi. The Morgan fingerprint density at radius 1 is 0.818 bits per heavy atom. The van der Waals surface area contributed by atoms with Gasteiger partial charge in [0.05, 0.1) is 14.2 Å². The second kappa shape index (κ2) is 6.39. The summed E-state index contributed by atoms with van der Waals surface area (Å²) in [5, 5.41) is 12.0. The van der Waals surface area contributed by atoms with Gasteiger partial charge in [-0.05, 0) is 36.3 Å². The summed E-state index contributed by atoms with van der Waals surface area (Å²) in [6.07, 6.45) is 2.95. The molecule has 1 unspecified atom stereocenters. The molecule has 1 N–H and O–H groups in total. The number of rotatable bonds is 3. The molecule has 0 aromatic heterocycles. The maximum absolute atomic E-state index is 10.4. The Morgan fingerprint density at radius 3 is 2.05 bits per heavy atom. The second-order valence-corrected chi connectivity index (χ2v) is 12.1. The number of hydrogen-bond donors (Lipinski definition) is 1. The normalized spacial score (nSPS) is 25.9. The fourth-order valence-corrected chi connectivity index (χ4v) is 7.24. The molecule has 0 amide bonds. The van der Waals surface area contributed by atoms with E-state index in [1.807, 2.05) is 0 Å². The van der Waals surface area contributed by atoms with E-state index in [0.717, 1.165) is 12.8 Å². The van der Waals surface area contributed by atoms with Gasteiger partial charge in [0.1, 0.15) is 0 Å². The summed E-state index contributed by atoms with van der Waals surface area (Å²) in [5.41, 5.74) is 2.04. The van der Waals surface area contributed by atoms with Crippen LogP contribution in [0.15, 0.2) is 60.7 Å². The molecule has 3 rings (SSSR count). The van der Waals surface area contributed by atoms with E-state index >= 15 is 0 Å². The van der Waals surface area contributed by atoms with Gasteiger partial charge < -0.3 is 5.11 Å². The van der Waals surface area contributed by atoms with E-state index in [2.05, 4.69) is 73.8 Å². The molecule has 0 bridgehead atoms. The summed E-state index contributed by atoms with van der Waals surface area (Å²) in [5.74, 6) is 0.505. The average Bonchev–Trinajstić information content (AvgIpc) is 2.56. The zero-order valence-corrected chi connectivity index (χ0v) is 14.6. The Hall–Kier alpha value is -1.38. The number of aliphatic hydroxyl groups is 1. The van der Waals surface area contributed by atoms with Crippen LogP contribution < -0.4 is 5.19 Å². The Bertz CT molecular complexity index is 594. The first-order valence-electron chi connectivity index (χ1n) is 8.36. The molecule has 1 nitrogen and oxygen atoms in total. The highest BCUT2D eigenvalue weighted by molar-refractivity contribution is 6.91. The van der Waals surface area contributed by atoms with Gasteiger partial charge in [0, 0.05) is 0 Å². The third kappa shape index (κ3) is 3.18. The molecule has 0 spiro atoms. The van der Waals surface area contributed by atoms with Crippen molar-refractivity contribution in [1.82, 2.24) is 0 Å². The van der Waals surface area contributed by atoms with Gasteiger partial charge in [-0.1, -0.05) is 78.9 Å². The van der Waals surface area contributed by atoms with E-state index in [-0.39, 0.29) is 6.10 Å².